The van der Waals surface area contributed by atoms with Crippen molar-refractivity contribution < 1.29 is 14.6 Å². The molecular weight excluding hydrogens is 474 g/mol. The molecule has 3 aromatic rings. The molecule has 1 aliphatic heterocycles. The van der Waals surface area contributed by atoms with Gasteiger partial charge in [0.2, 0.25) is 0 Å². The van der Waals surface area contributed by atoms with Gasteiger partial charge < -0.3 is 20.1 Å². The predicted molar refractivity (Wildman–Crippen MR) is 154 cm³/mol. The lowest BCUT2D eigenvalue weighted by molar-refractivity contribution is -0.122. The Morgan fingerprint density at radius 2 is 1.68 bits per heavy atom. The van der Waals surface area contributed by atoms with Gasteiger partial charge >= 0.3 is 0 Å². The highest BCUT2D eigenvalue weighted by molar-refractivity contribution is 6.11. The van der Waals surface area contributed by atoms with Crippen LogP contribution in [0.15, 0.2) is 71.7 Å². The molecule has 2 N–H and O–H groups in total. The quantitative estimate of drug-likeness (QED) is 0.372. The molecule has 1 saturated carbocycles. The van der Waals surface area contributed by atoms with Crippen molar-refractivity contribution >= 4 is 28.6 Å². The molecule has 5 rings (SSSR count). The number of carbonyl (C=O) groups excluding carboxylic acids is 1. The van der Waals surface area contributed by atoms with Crippen LogP contribution in [0.4, 0.5) is 17.1 Å². The molecule has 6 heteroatoms. The molecule has 198 valence electrons. The van der Waals surface area contributed by atoms with Crippen LogP contribution in [0, 0.1) is 5.92 Å². The summed E-state index contributed by atoms with van der Waals surface area (Å²) < 4.78 is 5.95. The fourth-order valence-corrected chi connectivity index (χ4v) is 6.15. The molecule has 0 aromatic heterocycles. The molecule has 3 aromatic carbocycles. The fourth-order valence-electron chi connectivity index (χ4n) is 6.15. The van der Waals surface area contributed by atoms with Crippen molar-refractivity contribution in [2.24, 2.45) is 10.9 Å². The van der Waals surface area contributed by atoms with Crippen molar-refractivity contribution in [1.82, 2.24) is 0 Å². The van der Waals surface area contributed by atoms with Gasteiger partial charge in [-0.15, -0.1) is 0 Å². The van der Waals surface area contributed by atoms with Gasteiger partial charge in [-0.1, -0.05) is 30.3 Å². The molecule has 3 atom stereocenters. The molecule has 6 nitrogen and oxygen atoms in total. The summed E-state index contributed by atoms with van der Waals surface area (Å²) in [6.07, 6.45) is 1.11. The Hall–Kier alpha value is -3.80. The summed E-state index contributed by atoms with van der Waals surface area (Å²) in [6, 6.07) is 21.9. The van der Waals surface area contributed by atoms with Crippen LogP contribution in [0.5, 0.6) is 11.5 Å². The van der Waals surface area contributed by atoms with E-state index in [-0.39, 0.29) is 23.5 Å². The number of hydrogen-bond acceptors (Lipinski definition) is 6. The normalized spacial score (nSPS) is 20.8. The second-order valence-electron chi connectivity index (χ2n) is 10.9. The van der Waals surface area contributed by atoms with E-state index in [0.717, 1.165) is 39.7 Å². The summed E-state index contributed by atoms with van der Waals surface area (Å²) in [6.45, 7) is 8.77. The number of phenols is 1. The molecule has 0 saturated heterocycles. The van der Waals surface area contributed by atoms with Gasteiger partial charge in [-0.25, -0.2) is 0 Å². The number of para-hydroxylation sites is 2. The summed E-state index contributed by atoms with van der Waals surface area (Å²) in [5.74, 6) is 0.775. The third-order valence-electron chi connectivity index (χ3n) is 7.75. The zero-order valence-corrected chi connectivity index (χ0v) is 22.8. The maximum absolute atomic E-state index is 13.9. The van der Waals surface area contributed by atoms with Crippen LogP contribution in [0.3, 0.4) is 0 Å². The van der Waals surface area contributed by atoms with E-state index in [1.54, 1.807) is 19.2 Å². The van der Waals surface area contributed by atoms with Crippen molar-refractivity contribution in [3.8, 4) is 11.5 Å². The van der Waals surface area contributed by atoms with E-state index < -0.39 is 5.92 Å². The maximum atomic E-state index is 13.9. The molecule has 0 radical (unpaired) electrons. The van der Waals surface area contributed by atoms with E-state index in [1.807, 2.05) is 36.4 Å². The van der Waals surface area contributed by atoms with Gasteiger partial charge in [0.05, 0.1) is 30.4 Å². The molecule has 2 aliphatic rings. The van der Waals surface area contributed by atoms with Crippen LogP contribution >= 0.6 is 0 Å². The largest absolute Gasteiger partial charge is 0.508 e. The average molecular weight is 512 g/mol. The highest BCUT2D eigenvalue weighted by atomic mass is 16.5. The Morgan fingerprint density at radius 1 is 0.974 bits per heavy atom. The van der Waals surface area contributed by atoms with E-state index in [1.165, 1.54) is 0 Å². The number of aromatic hydroxyl groups is 1. The van der Waals surface area contributed by atoms with Gasteiger partial charge in [-0.3, -0.25) is 9.79 Å². The van der Waals surface area contributed by atoms with E-state index in [2.05, 4.69) is 56.1 Å². The first kappa shape index (κ1) is 25.8. The number of Topliss-reactive ketones (excluding diaryl/α,β-unsaturated/α-hetero) is 1. The predicted octanol–water partition coefficient (Wildman–Crippen LogP) is 7.03. The van der Waals surface area contributed by atoms with Crippen molar-refractivity contribution in [2.45, 2.75) is 64.6 Å². The van der Waals surface area contributed by atoms with Crippen molar-refractivity contribution in [3.63, 3.8) is 0 Å². The minimum absolute atomic E-state index is 0.0268. The van der Waals surface area contributed by atoms with E-state index in [9.17, 15) is 9.90 Å². The number of hydrogen-bond donors (Lipinski definition) is 2. The Balaban J connectivity index is 1.58. The Morgan fingerprint density at radius 3 is 2.37 bits per heavy atom. The van der Waals surface area contributed by atoms with E-state index in [4.69, 9.17) is 9.73 Å². The molecule has 0 spiro atoms. The fraction of sp³-hybridized carbons (Fsp3) is 0.375. The molecule has 38 heavy (non-hydrogen) atoms. The number of aliphatic imine (C=N–C) groups is 1. The van der Waals surface area contributed by atoms with Crippen molar-refractivity contribution in [1.29, 1.82) is 0 Å². The number of ketones is 1. The lowest BCUT2D eigenvalue weighted by Crippen LogP contribution is -2.39. The topological polar surface area (TPSA) is 74.2 Å². The van der Waals surface area contributed by atoms with Gasteiger partial charge in [-0.2, -0.15) is 0 Å². The summed E-state index contributed by atoms with van der Waals surface area (Å²) in [7, 11) is 1.70. The third kappa shape index (κ3) is 4.87. The molecule has 0 amide bonds. The molecule has 1 fully saturated rings. The SMILES string of the molecule is COc1cc(N(C(C)C)C(C)C)ccc1C1Nc2ccccc2N=C2CC(c3ccc(O)cc3)CC(=O)C21. The first-order chi connectivity index (χ1) is 18.3. The Kier molecular flexibility index (Phi) is 7.15. The maximum Gasteiger partial charge on any atom is 0.144 e. The monoisotopic (exact) mass is 511 g/mol. The molecule has 3 unspecified atom stereocenters. The molecule has 1 heterocycles. The van der Waals surface area contributed by atoms with Gasteiger partial charge in [-0.05, 0) is 75.9 Å². The number of ether oxygens (including phenoxy) is 1. The smallest absolute Gasteiger partial charge is 0.144 e. The standard InChI is InChI=1S/C32H37N3O3/c1-19(2)35(20(3)4)23-12-15-25(30(18-23)38-5)32-31-28(33-26-8-6-7-9-27(26)34-32)16-22(17-29(31)37)21-10-13-24(36)14-11-21/h6-15,18-20,22,31-32,34,36H,16-17H2,1-5H3. The summed E-state index contributed by atoms with van der Waals surface area (Å²) in [5.41, 5.74) is 5.74. The van der Waals surface area contributed by atoms with E-state index in [0.29, 0.717) is 24.9 Å². The Labute approximate surface area is 225 Å². The number of nitrogens with zero attached hydrogens (tertiary/aromatic N) is 2. The zero-order chi connectivity index (χ0) is 27.0. The number of nitrogens with one attached hydrogen (secondary N) is 1. The first-order valence-corrected chi connectivity index (χ1v) is 13.5. The first-order valence-electron chi connectivity index (χ1n) is 13.5. The van der Waals surface area contributed by atoms with Crippen molar-refractivity contribution in [2.75, 3.05) is 17.3 Å². The molecule has 0 bridgehead atoms. The minimum atomic E-state index is -0.401. The summed E-state index contributed by atoms with van der Waals surface area (Å²) in [4.78, 5) is 21.3. The lowest BCUT2D eigenvalue weighted by atomic mass is 9.72. The number of methoxy groups -OCH3 is 1. The number of benzene rings is 3. The third-order valence-corrected chi connectivity index (χ3v) is 7.75. The van der Waals surface area contributed by atoms with Gasteiger partial charge in [0.15, 0.2) is 0 Å². The highest BCUT2D eigenvalue weighted by Crippen LogP contribution is 2.46. The van der Waals surface area contributed by atoms with Crippen LogP contribution in [-0.2, 0) is 4.79 Å². The number of anilines is 2. The van der Waals surface area contributed by atoms with Crippen LogP contribution in [0.2, 0.25) is 0 Å². The minimum Gasteiger partial charge on any atom is -0.508 e. The van der Waals surface area contributed by atoms with Crippen LogP contribution in [0.25, 0.3) is 0 Å². The van der Waals surface area contributed by atoms with Crippen molar-refractivity contribution in [3.05, 3.63) is 77.9 Å². The van der Waals surface area contributed by atoms with Gasteiger partial charge in [0.1, 0.15) is 17.3 Å². The van der Waals surface area contributed by atoms with Crippen LogP contribution in [0.1, 0.15) is 63.6 Å². The second kappa shape index (κ2) is 10.5. The Bertz CT molecular complexity index is 1340. The second-order valence-corrected chi connectivity index (χ2v) is 10.9. The highest BCUT2D eigenvalue weighted by Gasteiger charge is 2.42. The van der Waals surface area contributed by atoms with Gasteiger partial charge in [0, 0.05) is 41.5 Å². The zero-order valence-electron chi connectivity index (χ0n) is 22.8. The summed E-state index contributed by atoms with van der Waals surface area (Å²) >= 11 is 0. The number of phenolic OH excluding ortho intramolecular Hbond substituents is 1. The van der Waals surface area contributed by atoms with E-state index >= 15 is 0 Å². The van der Waals surface area contributed by atoms with Gasteiger partial charge in [0.25, 0.3) is 0 Å². The number of carbonyl (C=O) groups is 1. The average Bonchev–Trinajstić information content (AvgIpc) is 3.05. The number of rotatable bonds is 6. The van der Waals surface area contributed by atoms with Crippen LogP contribution in [-0.4, -0.2) is 35.8 Å². The lowest BCUT2D eigenvalue weighted by Gasteiger charge is -2.36. The molecule has 1 aliphatic carbocycles. The molecular formula is C32H37N3O3. The summed E-state index contributed by atoms with van der Waals surface area (Å²) in [5, 5.41) is 13.4. The number of fused-ring (bicyclic) bond motifs is 2. The van der Waals surface area contributed by atoms with Crippen LogP contribution < -0.4 is 15.0 Å².